The molecule has 0 radical (unpaired) electrons. The molecule has 0 aliphatic rings. The molecule has 2 rings (SSSR count). The molecule has 0 aromatic carbocycles. The average Bonchev–Trinajstić information content (AvgIpc) is 2.98. The number of nitrogens with two attached hydrogens (primary N) is 1. The number of anilines is 1. The second-order valence-corrected chi connectivity index (χ2v) is 4.48. The molecule has 0 spiro atoms. The lowest BCUT2D eigenvalue weighted by molar-refractivity contribution is 0.0947. The van der Waals surface area contributed by atoms with Crippen molar-refractivity contribution in [2.45, 2.75) is 26.3 Å². The number of aromatic nitrogens is 5. The van der Waals surface area contributed by atoms with Gasteiger partial charge >= 0.3 is 0 Å². The van der Waals surface area contributed by atoms with E-state index in [9.17, 15) is 4.79 Å². The molecule has 0 saturated carbocycles. The van der Waals surface area contributed by atoms with Crippen LogP contribution in [0.2, 0.25) is 0 Å². The summed E-state index contributed by atoms with van der Waals surface area (Å²) in [7, 11) is 0. The van der Waals surface area contributed by atoms with E-state index in [1.807, 2.05) is 13.8 Å². The summed E-state index contributed by atoms with van der Waals surface area (Å²) in [5, 5.41) is 17.0. The first-order valence-electron chi connectivity index (χ1n) is 6.05. The number of amides is 1. The smallest absolute Gasteiger partial charge is 0.274 e. The fourth-order valence-electron chi connectivity index (χ4n) is 1.70. The molecule has 8 nitrogen and oxygen atoms in total. The van der Waals surface area contributed by atoms with Crippen LogP contribution in [0.15, 0.2) is 12.4 Å². The van der Waals surface area contributed by atoms with Crippen LogP contribution in [0.3, 0.4) is 0 Å². The van der Waals surface area contributed by atoms with Gasteiger partial charge in [0.05, 0.1) is 24.1 Å². The van der Waals surface area contributed by atoms with E-state index in [2.05, 4.69) is 25.8 Å². The zero-order chi connectivity index (χ0) is 13.8. The van der Waals surface area contributed by atoms with Crippen molar-refractivity contribution in [1.29, 1.82) is 0 Å². The van der Waals surface area contributed by atoms with Crippen LogP contribution in [-0.2, 0) is 6.54 Å². The van der Waals surface area contributed by atoms with Gasteiger partial charge in [0.25, 0.3) is 5.91 Å². The number of H-pyrrole nitrogens is 1. The van der Waals surface area contributed by atoms with Crippen LogP contribution in [0.5, 0.6) is 0 Å². The molecule has 2 heterocycles. The highest BCUT2D eigenvalue weighted by atomic mass is 16.1. The molecule has 8 heteroatoms. The Morgan fingerprint density at radius 1 is 1.58 bits per heavy atom. The molecular weight excluding hydrogens is 246 g/mol. The first kappa shape index (κ1) is 13.1. The average molecular weight is 263 g/mol. The van der Waals surface area contributed by atoms with Crippen LogP contribution < -0.4 is 11.1 Å². The SMILES string of the molecule is CC(C)c1[nH]nc(C(=O)NCCn2ccnn2)c1N. The van der Waals surface area contributed by atoms with Crippen LogP contribution in [0.4, 0.5) is 5.69 Å². The third-order valence-electron chi connectivity index (χ3n) is 2.72. The Labute approximate surface area is 110 Å². The lowest BCUT2D eigenvalue weighted by Gasteiger charge is -2.05. The van der Waals surface area contributed by atoms with Gasteiger partial charge in [0, 0.05) is 12.7 Å². The van der Waals surface area contributed by atoms with Crippen LogP contribution in [0.25, 0.3) is 0 Å². The highest BCUT2D eigenvalue weighted by Gasteiger charge is 2.18. The number of carbonyl (C=O) groups excluding carboxylic acids is 1. The van der Waals surface area contributed by atoms with Gasteiger partial charge in [-0.1, -0.05) is 19.1 Å². The monoisotopic (exact) mass is 263 g/mol. The second kappa shape index (κ2) is 5.51. The molecular formula is C11H17N7O. The van der Waals surface area contributed by atoms with Gasteiger partial charge in [0.1, 0.15) is 0 Å². The summed E-state index contributed by atoms with van der Waals surface area (Å²) in [6.45, 7) is 4.95. The van der Waals surface area contributed by atoms with Crippen molar-refractivity contribution < 1.29 is 4.79 Å². The zero-order valence-corrected chi connectivity index (χ0v) is 10.9. The van der Waals surface area contributed by atoms with E-state index in [0.717, 1.165) is 5.69 Å². The number of nitrogens with zero attached hydrogens (tertiary/aromatic N) is 4. The van der Waals surface area contributed by atoms with Gasteiger partial charge in [-0.3, -0.25) is 14.6 Å². The largest absolute Gasteiger partial charge is 0.395 e. The van der Waals surface area contributed by atoms with E-state index in [-0.39, 0.29) is 17.5 Å². The van der Waals surface area contributed by atoms with Gasteiger partial charge in [0.2, 0.25) is 0 Å². The molecule has 19 heavy (non-hydrogen) atoms. The van der Waals surface area contributed by atoms with Crippen LogP contribution in [0, 0.1) is 0 Å². The summed E-state index contributed by atoms with van der Waals surface area (Å²) >= 11 is 0. The third-order valence-corrected chi connectivity index (χ3v) is 2.72. The van der Waals surface area contributed by atoms with Crippen molar-refractivity contribution in [2.75, 3.05) is 12.3 Å². The molecule has 1 amide bonds. The van der Waals surface area contributed by atoms with Gasteiger partial charge in [-0.05, 0) is 5.92 Å². The van der Waals surface area contributed by atoms with E-state index in [0.29, 0.717) is 18.8 Å². The Morgan fingerprint density at radius 3 is 2.95 bits per heavy atom. The van der Waals surface area contributed by atoms with Gasteiger partial charge in [-0.25, -0.2) is 0 Å². The number of nitrogens with one attached hydrogen (secondary N) is 2. The van der Waals surface area contributed by atoms with Gasteiger partial charge in [0.15, 0.2) is 5.69 Å². The molecule has 4 N–H and O–H groups in total. The quantitative estimate of drug-likeness (QED) is 0.709. The lowest BCUT2D eigenvalue weighted by atomic mass is 10.1. The summed E-state index contributed by atoms with van der Waals surface area (Å²) in [5.41, 5.74) is 7.32. The topological polar surface area (TPSA) is 115 Å². The Hall–Kier alpha value is -2.38. The minimum absolute atomic E-state index is 0.198. The number of carbonyl (C=O) groups is 1. The predicted molar refractivity (Wildman–Crippen MR) is 69.4 cm³/mol. The molecule has 2 aromatic heterocycles. The minimum atomic E-state index is -0.291. The summed E-state index contributed by atoms with van der Waals surface area (Å²) in [6.07, 6.45) is 3.31. The molecule has 0 unspecified atom stereocenters. The predicted octanol–water partition coefficient (Wildman–Crippen LogP) is 0.137. The lowest BCUT2D eigenvalue weighted by Crippen LogP contribution is -2.28. The van der Waals surface area contributed by atoms with E-state index in [1.54, 1.807) is 17.1 Å². The zero-order valence-electron chi connectivity index (χ0n) is 10.9. The van der Waals surface area contributed by atoms with Gasteiger partial charge in [-0.2, -0.15) is 5.10 Å². The summed E-state index contributed by atoms with van der Waals surface area (Å²) in [5.74, 6) is -0.0926. The number of hydrogen-bond donors (Lipinski definition) is 3. The highest BCUT2D eigenvalue weighted by Crippen LogP contribution is 2.21. The standard InChI is InChI=1S/C11H17N7O/c1-7(2)9-8(12)10(16-15-9)11(19)13-3-5-18-6-4-14-17-18/h4,6-7H,3,5,12H2,1-2H3,(H,13,19)(H,15,16). The fraction of sp³-hybridized carbons (Fsp3) is 0.455. The Morgan fingerprint density at radius 2 is 2.37 bits per heavy atom. The molecule has 0 aliphatic carbocycles. The highest BCUT2D eigenvalue weighted by molar-refractivity contribution is 5.97. The Bertz CT molecular complexity index is 543. The van der Waals surface area contributed by atoms with Crippen molar-refractivity contribution in [3.63, 3.8) is 0 Å². The van der Waals surface area contributed by atoms with Crippen molar-refractivity contribution in [3.05, 3.63) is 23.8 Å². The fourth-order valence-corrected chi connectivity index (χ4v) is 1.70. The maximum Gasteiger partial charge on any atom is 0.274 e. The molecule has 0 saturated heterocycles. The second-order valence-electron chi connectivity index (χ2n) is 4.48. The van der Waals surface area contributed by atoms with Crippen molar-refractivity contribution in [2.24, 2.45) is 0 Å². The van der Waals surface area contributed by atoms with Crippen LogP contribution >= 0.6 is 0 Å². The number of nitrogen functional groups attached to an aromatic ring is 1. The molecule has 0 aliphatic heterocycles. The van der Waals surface area contributed by atoms with E-state index < -0.39 is 0 Å². The maximum absolute atomic E-state index is 11.9. The van der Waals surface area contributed by atoms with E-state index in [4.69, 9.17) is 5.73 Å². The van der Waals surface area contributed by atoms with E-state index >= 15 is 0 Å². The third kappa shape index (κ3) is 2.90. The Balaban J connectivity index is 1.93. The molecule has 0 atom stereocenters. The molecule has 0 fully saturated rings. The number of aromatic amines is 1. The van der Waals surface area contributed by atoms with Crippen LogP contribution in [-0.4, -0.2) is 37.6 Å². The maximum atomic E-state index is 11.9. The van der Waals surface area contributed by atoms with Gasteiger partial charge < -0.3 is 11.1 Å². The van der Waals surface area contributed by atoms with Crippen LogP contribution in [0.1, 0.15) is 35.9 Å². The van der Waals surface area contributed by atoms with Gasteiger partial charge in [-0.15, -0.1) is 5.10 Å². The molecule has 0 bridgehead atoms. The number of hydrogen-bond acceptors (Lipinski definition) is 5. The molecule has 2 aromatic rings. The summed E-state index contributed by atoms with van der Waals surface area (Å²) < 4.78 is 1.63. The van der Waals surface area contributed by atoms with Crippen molar-refractivity contribution in [3.8, 4) is 0 Å². The minimum Gasteiger partial charge on any atom is -0.395 e. The normalized spacial score (nSPS) is 10.9. The van der Waals surface area contributed by atoms with Crippen molar-refractivity contribution in [1.82, 2.24) is 30.5 Å². The first-order valence-corrected chi connectivity index (χ1v) is 6.05. The summed E-state index contributed by atoms with van der Waals surface area (Å²) in [6, 6.07) is 0. The number of rotatable bonds is 5. The molecule has 102 valence electrons. The van der Waals surface area contributed by atoms with Crippen molar-refractivity contribution >= 4 is 11.6 Å². The Kier molecular flexibility index (Phi) is 3.79. The first-order chi connectivity index (χ1) is 9.09. The van der Waals surface area contributed by atoms with E-state index in [1.165, 1.54) is 0 Å². The summed E-state index contributed by atoms with van der Waals surface area (Å²) in [4.78, 5) is 11.9.